The summed E-state index contributed by atoms with van der Waals surface area (Å²) in [5, 5.41) is 14.1. The fourth-order valence-electron chi connectivity index (χ4n) is 1.96. The molecule has 6 heteroatoms. The molecule has 2 unspecified atom stereocenters. The molecule has 0 aliphatic carbocycles. The zero-order valence-corrected chi connectivity index (χ0v) is 12.4. The van der Waals surface area contributed by atoms with Crippen molar-refractivity contribution >= 4 is 17.6 Å². The highest BCUT2D eigenvalue weighted by atomic mass is 16.3. The van der Waals surface area contributed by atoms with E-state index in [-0.39, 0.29) is 18.4 Å². The number of rotatable bonds is 7. The van der Waals surface area contributed by atoms with Crippen LogP contribution in [-0.4, -0.2) is 29.7 Å². The van der Waals surface area contributed by atoms with Crippen LogP contribution in [0.25, 0.3) is 0 Å². The lowest BCUT2D eigenvalue weighted by molar-refractivity contribution is -0.119. The molecule has 0 aromatic heterocycles. The topological polar surface area (TPSA) is 104 Å². The number of hydrogen-bond acceptors (Lipinski definition) is 3. The number of nitrogens with two attached hydrogens (primary N) is 1. The van der Waals surface area contributed by atoms with Gasteiger partial charge in [0.1, 0.15) is 6.04 Å². The molecule has 0 aliphatic rings. The Morgan fingerprint density at radius 3 is 2.38 bits per heavy atom. The van der Waals surface area contributed by atoms with Crippen molar-refractivity contribution < 1.29 is 14.7 Å². The van der Waals surface area contributed by atoms with Crippen LogP contribution in [0.4, 0.5) is 10.5 Å². The zero-order valence-electron chi connectivity index (χ0n) is 12.4. The number of primary amides is 1. The number of carbonyl (C=O) groups is 2. The van der Waals surface area contributed by atoms with Gasteiger partial charge >= 0.3 is 6.03 Å². The number of hydrogen-bond donors (Lipinski definition) is 4. The number of aliphatic hydroxyl groups excluding tert-OH is 1. The van der Waals surface area contributed by atoms with E-state index in [9.17, 15) is 9.59 Å². The predicted molar refractivity (Wildman–Crippen MR) is 81.8 cm³/mol. The van der Waals surface area contributed by atoms with Crippen LogP contribution >= 0.6 is 0 Å². The van der Waals surface area contributed by atoms with Crippen LogP contribution in [-0.2, 0) is 11.2 Å². The second kappa shape index (κ2) is 8.26. The van der Waals surface area contributed by atoms with E-state index >= 15 is 0 Å². The molecule has 1 rings (SSSR count). The minimum absolute atomic E-state index is 0.0221. The Bertz CT molecular complexity index is 474. The summed E-state index contributed by atoms with van der Waals surface area (Å²) >= 11 is 0. The van der Waals surface area contributed by atoms with Gasteiger partial charge in [0.2, 0.25) is 5.91 Å². The Morgan fingerprint density at radius 1 is 1.29 bits per heavy atom. The Labute approximate surface area is 124 Å². The van der Waals surface area contributed by atoms with Crippen LogP contribution in [0.1, 0.15) is 25.8 Å². The highest BCUT2D eigenvalue weighted by Gasteiger charge is 2.25. The van der Waals surface area contributed by atoms with E-state index in [1.54, 1.807) is 12.1 Å². The Hall–Kier alpha value is -2.08. The van der Waals surface area contributed by atoms with Crippen molar-refractivity contribution in [3.05, 3.63) is 29.8 Å². The monoisotopic (exact) mass is 293 g/mol. The predicted octanol–water partition coefficient (Wildman–Crippen LogP) is 1.24. The van der Waals surface area contributed by atoms with E-state index in [2.05, 4.69) is 10.6 Å². The third kappa shape index (κ3) is 5.43. The number of aliphatic hydroxyl groups is 1. The van der Waals surface area contributed by atoms with Crippen LogP contribution < -0.4 is 16.4 Å². The van der Waals surface area contributed by atoms with Gasteiger partial charge in [-0.15, -0.1) is 0 Å². The standard InChI is InChI=1S/C15H23N3O3/c1-3-10(2)13(18-15(16)21)14(20)17-12-6-4-11(5-7-12)8-9-19/h4-7,10,13,19H,3,8-9H2,1-2H3,(H,17,20)(H3,16,18,21). The van der Waals surface area contributed by atoms with Crippen LogP contribution in [0.2, 0.25) is 0 Å². The van der Waals surface area contributed by atoms with E-state index < -0.39 is 12.1 Å². The summed E-state index contributed by atoms with van der Waals surface area (Å²) in [5.74, 6) is -0.316. The molecule has 1 aromatic rings. The highest BCUT2D eigenvalue weighted by molar-refractivity contribution is 5.97. The summed E-state index contributed by atoms with van der Waals surface area (Å²) in [4.78, 5) is 23.2. The van der Waals surface area contributed by atoms with Crippen LogP contribution in [0.5, 0.6) is 0 Å². The molecule has 0 saturated carbocycles. The lowest BCUT2D eigenvalue weighted by Crippen LogP contribution is -2.49. The van der Waals surface area contributed by atoms with Gasteiger partial charge in [0.25, 0.3) is 0 Å². The first-order valence-corrected chi connectivity index (χ1v) is 7.04. The molecule has 3 amide bonds. The molecule has 0 bridgehead atoms. The number of nitrogens with one attached hydrogen (secondary N) is 2. The van der Waals surface area contributed by atoms with Gasteiger partial charge in [-0.1, -0.05) is 32.4 Å². The minimum Gasteiger partial charge on any atom is -0.396 e. The zero-order chi connectivity index (χ0) is 15.8. The summed E-state index contributed by atoms with van der Waals surface area (Å²) in [6.07, 6.45) is 1.32. The van der Waals surface area contributed by atoms with Gasteiger partial charge in [0.15, 0.2) is 0 Å². The quantitative estimate of drug-likeness (QED) is 0.608. The summed E-state index contributed by atoms with van der Waals surface area (Å²) in [7, 11) is 0. The molecule has 6 nitrogen and oxygen atoms in total. The molecule has 0 spiro atoms. The molecule has 0 fully saturated rings. The van der Waals surface area contributed by atoms with E-state index in [0.717, 1.165) is 12.0 Å². The molecule has 2 atom stereocenters. The summed E-state index contributed by atoms with van der Waals surface area (Å²) in [5.41, 5.74) is 6.75. The minimum atomic E-state index is -0.714. The van der Waals surface area contributed by atoms with E-state index in [1.165, 1.54) is 0 Å². The second-order valence-corrected chi connectivity index (χ2v) is 5.03. The van der Waals surface area contributed by atoms with Crippen LogP contribution in [0.3, 0.4) is 0 Å². The first-order valence-electron chi connectivity index (χ1n) is 7.04. The van der Waals surface area contributed by atoms with Crippen molar-refractivity contribution in [3.63, 3.8) is 0 Å². The number of carbonyl (C=O) groups excluding carboxylic acids is 2. The fourth-order valence-corrected chi connectivity index (χ4v) is 1.96. The molecule has 0 radical (unpaired) electrons. The van der Waals surface area contributed by atoms with Crippen molar-refractivity contribution in [1.29, 1.82) is 0 Å². The van der Waals surface area contributed by atoms with E-state index in [0.29, 0.717) is 12.1 Å². The summed E-state index contributed by atoms with van der Waals surface area (Å²) < 4.78 is 0. The average Bonchev–Trinajstić information content (AvgIpc) is 2.46. The smallest absolute Gasteiger partial charge is 0.312 e. The number of urea groups is 1. The first kappa shape index (κ1) is 17.0. The van der Waals surface area contributed by atoms with E-state index in [1.807, 2.05) is 26.0 Å². The highest BCUT2D eigenvalue weighted by Crippen LogP contribution is 2.13. The molecule has 1 aromatic carbocycles. The van der Waals surface area contributed by atoms with Crippen molar-refractivity contribution in [3.8, 4) is 0 Å². The molecule has 0 aliphatic heterocycles. The Balaban J connectivity index is 2.73. The Kier molecular flexibility index (Phi) is 6.68. The average molecular weight is 293 g/mol. The largest absolute Gasteiger partial charge is 0.396 e. The van der Waals surface area contributed by atoms with E-state index in [4.69, 9.17) is 10.8 Å². The maximum Gasteiger partial charge on any atom is 0.312 e. The third-order valence-corrected chi connectivity index (χ3v) is 3.42. The van der Waals surface area contributed by atoms with Crippen molar-refractivity contribution in [1.82, 2.24) is 5.32 Å². The summed E-state index contributed by atoms with van der Waals surface area (Å²) in [6, 6.07) is 5.83. The number of anilines is 1. The molecule has 5 N–H and O–H groups in total. The van der Waals surface area contributed by atoms with Crippen molar-refractivity contribution in [2.45, 2.75) is 32.7 Å². The van der Waals surface area contributed by atoms with Gasteiger partial charge < -0.3 is 21.5 Å². The second-order valence-electron chi connectivity index (χ2n) is 5.03. The maximum absolute atomic E-state index is 12.2. The lowest BCUT2D eigenvalue weighted by Gasteiger charge is -2.22. The molecular formula is C15H23N3O3. The number of benzene rings is 1. The van der Waals surface area contributed by atoms with Crippen molar-refractivity contribution in [2.24, 2.45) is 11.7 Å². The molecule has 0 heterocycles. The van der Waals surface area contributed by atoms with Gasteiger partial charge in [-0.25, -0.2) is 4.79 Å². The van der Waals surface area contributed by atoms with Gasteiger partial charge in [0, 0.05) is 12.3 Å². The maximum atomic E-state index is 12.2. The number of amides is 3. The first-order chi connectivity index (χ1) is 9.97. The SMILES string of the molecule is CCC(C)C(NC(N)=O)C(=O)Nc1ccc(CCO)cc1. The summed E-state index contributed by atoms with van der Waals surface area (Å²) in [6.45, 7) is 3.91. The molecular weight excluding hydrogens is 270 g/mol. The molecule has 0 saturated heterocycles. The van der Waals surface area contributed by atoms with Crippen LogP contribution in [0, 0.1) is 5.92 Å². The Morgan fingerprint density at radius 2 is 1.90 bits per heavy atom. The van der Waals surface area contributed by atoms with Gasteiger partial charge in [-0.05, 0) is 30.0 Å². The van der Waals surface area contributed by atoms with Crippen LogP contribution in [0.15, 0.2) is 24.3 Å². The molecule has 116 valence electrons. The normalized spacial score (nSPS) is 13.3. The van der Waals surface area contributed by atoms with Gasteiger partial charge in [-0.3, -0.25) is 4.79 Å². The van der Waals surface area contributed by atoms with Gasteiger partial charge in [-0.2, -0.15) is 0 Å². The lowest BCUT2D eigenvalue weighted by atomic mass is 9.98. The molecule has 21 heavy (non-hydrogen) atoms. The van der Waals surface area contributed by atoms with Crippen molar-refractivity contribution in [2.75, 3.05) is 11.9 Å². The third-order valence-electron chi connectivity index (χ3n) is 3.42. The fraction of sp³-hybridized carbons (Fsp3) is 0.467. The van der Waals surface area contributed by atoms with Gasteiger partial charge in [0.05, 0.1) is 0 Å².